The third-order valence-corrected chi connectivity index (χ3v) is 4.07. The van der Waals surface area contributed by atoms with Gasteiger partial charge in [0, 0.05) is 18.1 Å². The van der Waals surface area contributed by atoms with Crippen LogP contribution in [0.1, 0.15) is 16.6 Å². The lowest BCUT2D eigenvalue weighted by molar-refractivity contribution is 0.0960. The standard InChI is InChI=1S/C10H9N3OS2/c1-2-11-8(14)7-5-6-9(16-7)12-10-13(6)3-4-15-10/h3-5H,2H2,1H3,(H,11,14). The summed E-state index contributed by atoms with van der Waals surface area (Å²) in [7, 11) is 0. The van der Waals surface area contributed by atoms with Crippen LogP contribution in [0.15, 0.2) is 17.6 Å². The van der Waals surface area contributed by atoms with E-state index in [9.17, 15) is 4.79 Å². The summed E-state index contributed by atoms with van der Waals surface area (Å²) in [6.07, 6.45) is 1.98. The molecule has 0 aromatic carbocycles. The molecule has 3 heterocycles. The monoisotopic (exact) mass is 251 g/mol. The van der Waals surface area contributed by atoms with E-state index in [1.165, 1.54) is 11.3 Å². The van der Waals surface area contributed by atoms with Gasteiger partial charge in [0.25, 0.3) is 5.91 Å². The summed E-state index contributed by atoms with van der Waals surface area (Å²) in [6, 6.07) is 1.90. The van der Waals surface area contributed by atoms with Crippen molar-refractivity contribution >= 4 is 43.9 Å². The second kappa shape index (κ2) is 3.57. The van der Waals surface area contributed by atoms with Gasteiger partial charge >= 0.3 is 0 Å². The molecule has 0 radical (unpaired) electrons. The SMILES string of the molecule is CCNC(=O)c1cc2c(nc3sccn32)s1. The number of nitrogens with one attached hydrogen (secondary N) is 1. The fraction of sp³-hybridized carbons (Fsp3) is 0.200. The quantitative estimate of drug-likeness (QED) is 0.760. The van der Waals surface area contributed by atoms with Gasteiger partial charge in [-0.2, -0.15) is 0 Å². The Hall–Kier alpha value is -1.40. The lowest BCUT2D eigenvalue weighted by Gasteiger charge is -1.96. The molecule has 0 aliphatic carbocycles. The number of aromatic nitrogens is 2. The molecule has 0 fully saturated rings. The van der Waals surface area contributed by atoms with Crippen molar-refractivity contribution in [1.29, 1.82) is 0 Å². The van der Waals surface area contributed by atoms with Crippen molar-refractivity contribution in [2.24, 2.45) is 0 Å². The Balaban J connectivity index is 2.14. The molecule has 4 nitrogen and oxygen atoms in total. The third kappa shape index (κ3) is 1.34. The molecule has 82 valence electrons. The summed E-state index contributed by atoms with van der Waals surface area (Å²) in [6.45, 7) is 2.56. The molecule has 3 aromatic rings. The Morgan fingerprint density at radius 1 is 1.62 bits per heavy atom. The van der Waals surface area contributed by atoms with Crippen LogP contribution in [0.3, 0.4) is 0 Å². The topological polar surface area (TPSA) is 46.4 Å². The van der Waals surface area contributed by atoms with Gasteiger partial charge in [-0.05, 0) is 13.0 Å². The van der Waals surface area contributed by atoms with Gasteiger partial charge in [0.1, 0.15) is 4.83 Å². The highest BCUT2D eigenvalue weighted by Gasteiger charge is 2.13. The van der Waals surface area contributed by atoms with Crippen molar-refractivity contribution in [3.63, 3.8) is 0 Å². The van der Waals surface area contributed by atoms with Crippen LogP contribution in [0.2, 0.25) is 0 Å². The molecule has 0 saturated heterocycles. The van der Waals surface area contributed by atoms with Crippen LogP contribution in [0, 0.1) is 0 Å². The Kier molecular flexibility index (Phi) is 2.19. The van der Waals surface area contributed by atoms with E-state index in [1.807, 2.05) is 29.0 Å². The number of rotatable bonds is 2. The fourth-order valence-corrected chi connectivity index (χ4v) is 3.32. The second-order valence-electron chi connectivity index (χ2n) is 3.33. The molecule has 6 heteroatoms. The number of carbonyl (C=O) groups excluding carboxylic acids is 1. The van der Waals surface area contributed by atoms with Gasteiger partial charge < -0.3 is 5.32 Å². The van der Waals surface area contributed by atoms with E-state index in [4.69, 9.17) is 0 Å². The predicted octanol–water partition coefficient (Wildman–Crippen LogP) is 2.36. The molecule has 0 bridgehead atoms. The van der Waals surface area contributed by atoms with Crippen LogP contribution in [0.4, 0.5) is 0 Å². The lowest BCUT2D eigenvalue weighted by Crippen LogP contribution is -2.21. The van der Waals surface area contributed by atoms with Crippen LogP contribution in [-0.4, -0.2) is 21.8 Å². The van der Waals surface area contributed by atoms with Gasteiger partial charge in [-0.25, -0.2) is 4.98 Å². The van der Waals surface area contributed by atoms with E-state index in [0.29, 0.717) is 6.54 Å². The second-order valence-corrected chi connectivity index (χ2v) is 5.23. The summed E-state index contributed by atoms with van der Waals surface area (Å²) in [5, 5.41) is 4.78. The summed E-state index contributed by atoms with van der Waals surface area (Å²) in [4.78, 5) is 18.7. The molecule has 0 saturated carbocycles. The highest BCUT2D eigenvalue weighted by molar-refractivity contribution is 7.21. The molecule has 0 unspecified atom stereocenters. The van der Waals surface area contributed by atoms with Gasteiger partial charge in [-0.1, -0.05) is 0 Å². The van der Waals surface area contributed by atoms with Gasteiger partial charge in [0.15, 0.2) is 4.96 Å². The molecule has 16 heavy (non-hydrogen) atoms. The number of thiazole rings is 1. The average molecular weight is 251 g/mol. The van der Waals surface area contributed by atoms with Gasteiger partial charge in [0.2, 0.25) is 0 Å². The smallest absolute Gasteiger partial charge is 0.261 e. The molecule has 3 rings (SSSR count). The normalized spacial score (nSPS) is 11.3. The number of nitrogens with zero attached hydrogens (tertiary/aromatic N) is 2. The average Bonchev–Trinajstić information content (AvgIpc) is 2.87. The lowest BCUT2D eigenvalue weighted by atomic mass is 10.4. The summed E-state index contributed by atoms with van der Waals surface area (Å²) < 4.78 is 2.01. The number of amides is 1. The van der Waals surface area contributed by atoms with Crippen molar-refractivity contribution in [2.45, 2.75) is 6.92 Å². The van der Waals surface area contributed by atoms with Crippen molar-refractivity contribution < 1.29 is 4.79 Å². The van der Waals surface area contributed by atoms with Gasteiger partial charge in [-0.15, -0.1) is 22.7 Å². The number of imidazole rings is 1. The van der Waals surface area contributed by atoms with E-state index < -0.39 is 0 Å². The Morgan fingerprint density at radius 3 is 3.31 bits per heavy atom. The minimum atomic E-state index is -0.0190. The third-order valence-electron chi connectivity index (χ3n) is 2.30. The zero-order chi connectivity index (χ0) is 11.1. The molecule has 3 aromatic heterocycles. The van der Waals surface area contributed by atoms with E-state index in [1.54, 1.807) is 11.3 Å². The van der Waals surface area contributed by atoms with E-state index in [0.717, 1.165) is 20.2 Å². The zero-order valence-corrected chi connectivity index (χ0v) is 10.2. The van der Waals surface area contributed by atoms with Crippen molar-refractivity contribution in [2.75, 3.05) is 6.54 Å². The largest absolute Gasteiger partial charge is 0.352 e. The number of thiophene rings is 1. The first-order valence-electron chi connectivity index (χ1n) is 4.93. The highest BCUT2D eigenvalue weighted by Crippen LogP contribution is 2.27. The molecule has 1 amide bonds. The first kappa shape index (κ1) is 9.80. The van der Waals surface area contributed by atoms with Gasteiger partial charge in [-0.3, -0.25) is 9.20 Å². The van der Waals surface area contributed by atoms with Crippen molar-refractivity contribution in [3.05, 3.63) is 22.5 Å². The van der Waals surface area contributed by atoms with E-state index >= 15 is 0 Å². The number of fused-ring (bicyclic) bond motifs is 3. The fourth-order valence-electron chi connectivity index (χ4n) is 1.61. The first-order valence-corrected chi connectivity index (χ1v) is 6.62. The maximum Gasteiger partial charge on any atom is 0.261 e. The Morgan fingerprint density at radius 2 is 2.50 bits per heavy atom. The van der Waals surface area contributed by atoms with E-state index in [2.05, 4.69) is 10.3 Å². The summed E-state index contributed by atoms with van der Waals surface area (Å²) in [5.41, 5.74) is 1.02. The van der Waals surface area contributed by atoms with E-state index in [-0.39, 0.29) is 5.91 Å². The summed E-state index contributed by atoms with van der Waals surface area (Å²) in [5.74, 6) is -0.0190. The molecule has 0 spiro atoms. The number of carbonyl (C=O) groups is 1. The molecular formula is C10H9N3OS2. The molecule has 0 atom stereocenters. The maximum atomic E-state index is 11.7. The zero-order valence-electron chi connectivity index (χ0n) is 8.56. The van der Waals surface area contributed by atoms with Crippen LogP contribution in [0.25, 0.3) is 15.3 Å². The van der Waals surface area contributed by atoms with Crippen molar-refractivity contribution in [3.8, 4) is 0 Å². The molecule has 1 N–H and O–H groups in total. The van der Waals surface area contributed by atoms with Crippen LogP contribution in [0.5, 0.6) is 0 Å². The summed E-state index contributed by atoms with van der Waals surface area (Å²) >= 11 is 3.04. The number of hydrogen-bond acceptors (Lipinski definition) is 4. The Labute approximate surface area is 99.5 Å². The molecule has 0 aliphatic heterocycles. The van der Waals surface area contributed by atoms with Crippen LogP contribution >= 0.6 is 22.7 Å². The predicted molar refractivity (Wildman–Crippen MR) is 66.5 cm³/mol. The maximum absolute atomic E-state index is 11.7. The van der Waals surface area contributed by atoms with Crippen molar-refractivity contribution in [1.82, 2.24) is 14.7 Å². The number of hydrogen-bond donors (Lipinski definition) is 1. The van der Waals surface area contributed by atoms with Gasteiger partial charge in [0.05, 0.1) is 10.4 Å². The minimum absolute atomic E-state index is 0.0190. The van der Waals surface area contributed by atoms with Crippen LogP contribution < -0.4 is 5.32 Å². The van der Waals surface area contributed by atoms with Crippen LogP contribution in [-0.2, 0) is 0 Å². The highest BCUT2D eigenvalue weighted by atomic mass is 32.1. The minimum Gasteiger partial charge on any atom is -0.352 e. The Bertz CT molecular complexity index is 664. The first-order chi connectivity index (χ1) is 7.79. The molecular weight excluding hydrogens is 242 g/mol. The molecule has 0 aliphatic rings.